The second-order valence-electron chi connectivity index (χ2n) is 0.806. The Bertz CT molecular complexity index is 95.8. The number of hydrogen-bond acceptors (Lipinski definition) is 2. The molecule has 0 aliphatic carbocycles. The summed E-state index contributed by atoms with van der Waals surface area (Å²) in [5.41, 5.74) is 4.39. The van der Waals surface area contributed by atoms with Crippen LogP contribution in [0.2, 0.25) is 0 Å². The Kier molecular flexibility index (Phi) is 8.10. The summed E-state index contributed by atoms with van der Waals surface area (Å²) in [7, 11) is 0. The Hall–Kier alpha value is -1.20. The monoisotopic (exact) mass is 140 g/mol. The standard InChI is InChI=1S/C2H2F2O2.CH4N2/c3-1(4)2(5)6;2-1-3/h1H,(H,5,6);1H,(H3,2,3). The average molecular weight is 140 g/mol. The molecule has 0 heterocycles. The Morgan fingerprint density at radius 3 is 1.89 bits per heavy atom. The molecule has 0 atom stereocenters. The molecule has 0 saturated carbocycles. The van der Waals surface area contributed by atoms with Crippen LogP contribution in [0.5, 0.6) is 0 Å². The molecule has 0 aliphatic rings. The molecule has 0 aliphatic heterocycles. The van der Waals surface area contributed by atoms with E-state index in [4.69, 9.17) is 15.3 Å². The molecule has 0 radical (unpaired) electrons. The molecule has 0 fully saturated rings. The molecule has 9 heavy (non-hydrogen) atoms. The number of carbonyl (C=O) groups is 1. The molecule has 0 unspecified atom stereocenters. The lowest BCUT2D eigenvalue weighted by atomic mass is 10.7. The van der Waals surface area contributed by atoms with E-state index in [0.717, 1.165) is 6.34 Å². The highest BCUT2D eigenvalue weighted by Gasteiger charge is 2.10. The molecule has 0 spiro atoms. The van der Waals surface area contributed by atoms with Crippen LogP contribution in [0.3, 0.4) is 0 Å². The quantitative estimate of drug-likeness (QED) is 0.350. The first-order valence-corrected chi connectivity index (χ1v) is 1.77. The van der Waals surface area contributed by atoms with Gasteiger partial charge in [0.1, 0.15) is 0 Å². The largest absolute Gasteiger partial charge is 0.477 e. The van der Waals surface area contributed by atoms with Crippen molar-refractivity contribution in [3.05, 3.63) is 0 Å². The van der Waals surface area contributed by atoms with Crippen molar-refractivity contribution in [1.29, 1.82) is 5.41 Å². The van der Waals surface area contributed by atoms with Gasteiger partial charge in [0, 0.05) is 0 Å². The van der Waals surface area contributed by atoms with Gasteiger partial charge in [-0.25, -0.2) is 4.79 Å². The lowest BCUT2D eigenvalue weighted by Gasteiger charge is -1.81. The van der Waals surface area contributed by atoms with Gasteiger partial charge in [-0.2, -0.15) is 8.78 Å². The summed E-state index contributed by atoms with van der Waals surface area (Å²) in [6.45, 7) is 0. The maximum absolute atomic E-state index is 10.6. The summed E-state index contributed by atoms with van der Waals surface area (Å²) in [6, 6.07) is 0. The summed E-state index contributed by atoms with van der Waals surface area (Å²) >= 11 is 0. The van der Waals surface area contributed by atoms with Crippen LogP contribution >= 0.6 is 0 Å². The van der Waals surface area contributed by atoms with Gasteiger partial charge in [-0.05, 0) is 0 Å². The zero-order valence-electron chi connectivity index (χ0n) is 4.34. The number of aliphatic carboxylic acids is 1. The number of nitrogens with two attached hydrogens (primary N) is 1. The predicted octanol–water partition coefficient (Wildman–Crippen LogP) is -0.112. The van der Waals surface area contributed by atoms with Gasteiger partial charge in [-0.1, -0.05) is 0 Å². The fourth-order valence-corrected chi connectivity index (χ4v) is 0. The number of rotatable bonds is 1. The van der Waals surface area contributed by atoms with E-state index in [9.17, 15) is 8.78 Å². The minimum absolute atomic E-state index is 0.750. The maximum atomic E-state index is 10.6. The van der Waals surface area contributed by atoms with Gasteiger partial charge in [-0.3, -0.25) is 5.41 Å². The number of carboxylic acid groups (broad SMARTS) is 1. The van der Waals surface area contributed by atoms with Crippen LogP contribution in [0.15, 0.2) is 0 Å². The van der Waals surface area contributed by atoms with E-state index in [1.54, 1.807) is 0 Å². The third-order valence-electron chi connectivity index (χ3n) is 0.187. The lowest BCUT2D eigenvalue weighted by Crippen LogP contribution is -2.06. The van der Waals surface area contributed by atoms with Gasteiger partial charge in [0.25, 0.3) is 0 Å². The minimum Gasteiger partial charge on any atom is -0.477 e. The number of hydrogen-bond donors (Lipinski definition) is 3. The maximum Gasteiger partial charge on any atom is 0.371 e. The topological polar surface area (TPSA) is 87.2 Å². The zero-order valence-corrected chi connectivity index (χ0v) is 4.34. The van der Waals surface area contributed by atoms with Crippen molar-refractivity contribution in [2.75, 3.05) is 0 Å². The second-order valence-corrected chi connectivity index (χ2v) is 0.806. The molecule has 0 saturated heterocycles. The minimum atomic E-state index is -3.23. The SMILES string of the molecule is N=CN.O=C(O)C(F)F. The Labute approximate surface area is 49.8 Å². The van der Waals surface area contributed by atoms with Crippen molar-refractivity contribution in [2.24, 2.45) is 5.73 Å². The first-order chi connectivity index (χ1) is 4.06. The third-order valence-corrected chi connectivity index (χ3v) is 0.187. The van der Waals surface area contributed by atoms with Crippen LogP contribution in [0.1, 0.15) is 0 Å². The van der Waals surface area contributed by atoms with Crippen LogP contribution in [-0.4, -0.2) is 23.8 Å². The van der Waals surface area contributed by atoms with Gasteiger partial charge in [0.2, 0.25) is 0 Å². The van der Waals surface area contributed by atoms with E-state index >= 15 is 0 Å². The Balaban J connectivity index is 0. The summed E-state index contributed by atoms with van der Waals surface area (Å²) in [5.74, 6) is -2.07. The summed E-state index contributed by atoms with van der Waals surface area (Å²) in [6.07, 6.45) is -2.48. The summed E-state index contributed by atoms with van der Waals surface area (Å²) in [5, 5.41) is 13.1. The van der Waals surface area contributed by atoms with E-state index in [1.807, 2.05) is 0 Å². The molecule has 0 amide bonds. The average Bonchev–Trinajstić information content (AvgIpc) is 1.68. The van der Waals surface area contributed by atoms with Crippen LogP contribution < -0.4 is 5.73 Å². The predicted molar refractivity (Wildman–Crippen MR) is 26.6 cm³/mol. The van der Waals surface area contributed by atoms with Crippen molar-refractivity contribution in [2.45, 2.75) is 6.43 Å². The first kappa shape index (κ1) is 10.7. The molecule has 54 valence electrons. The highest BCUT2D eigenvalue weighted by molar-refractivity contribution is 5.70. The van der Waals surface area contributed by atoms with E-state index in [0.29, 0.717) is 0 Å². The van der Waals surface area contributed by atoms with Crippen molar-refractivity contribution in [1.82, 2.24) is 0 Å². The van der Waals surface area contributed by atoms with Gasteiger partial charge in [-0.15, -0.1) is 0 Å². The van der Waals surface area contributed by atoms with Gasteiger partial charge in [0.15, 0.2) is 0 Å². The van der Waals surface area contributed by atoms with Crippen LogP contribution in [-0.2, 0) is 4.79 Å². The number of halogens is 2. The third kappa shape index (κ3) is 20.0. The van der Waals surface area contributed by atoms with Crippen LogP contribution in [0, 0.1) is 5.41 Å². The van der Waals surface area contributed by atoms with Crippen molar-refractivity contribution in [3.8, 4) is 0 Å². The van der Waals surface area contributed by atoms with Crippen molar-refractivity contribution in [3.63, 3.8) is 0 Å². The second kappa shape index (κ2) is 6.80. The van der Waals surface area contributed by atoms with Gasteiger partial charge >= 0.3 is 12.4 Å². The number of nitrogens with one attached hydrogen (secondary N) is 1. The molecular weight excluding hydrogens is 134 g/mol. The molecule has 0 aromatic heterocycles. The van der Waals surface area contributed by atoms with Crippen molar-refractivity contribution < 1.29 is 18.7 Å². The van der Waals surface area contributed by atoms with Gasteiger partial charge < -0.3 is 10.8 Å². The van der Waals surface area contributed by atoms with E-state index in [1.165, 1.54) is 0 Å². The number of carboxylic acids is 1. The fraction of sp³-hybridized carbons (Fsp3) is 0.333. The van der Waals surface area contributed by atoms with E-state index < -0.39 is 12.4 Å². The first-order valence-electron chi connectivity index (χ1n) is 1.77. The molecule has 4 nitrogen and oxygen atoms in total. The summed E-state index contributed by atoms with van der Waals surface area (Å²) < 4.78 is 21.1. The number of alkyl halides is 2. The Morgan fingerprint density at radius 2 is 1.89 bits per heavy atom. The van der Waals surface area contributed by atoms with Crippen molar-refractivity contribution >= 4 is 12.3 Å². The molecule has 6 heteroatoms. The molecule has 0 aromatic rings. The molecule has 0 rings (SSSR count). The van der Waals surface area contributed by atoms with Crippen LogP contribution in [0.25, 0.3) is 0 Å². The molecule has 4 N–H and O–H groups in total. The Morgan fingerprint density at radius 1 is 1.78 bits per heavy atom. The van der Waals surface area contributed by atoms with E-state index in [2.05, 4.69) is 5.73 Å². The highest BCUT2D eigenvalue weighted by Crippen LogP contribution is 1.87. The lowest BCUT2D eigenvalue weighted by molar-refractivity contribution is -0.149. The fourth-order valence-electron chi connectivity index (χ4n) is 0. The molecule has 0 aromatic carbocycles. The molecule has 0 bridgehead atoms. The highest BCUT2D eigenvalue weighted by atomic mass is 19.3. The van der Waals surface area contributed by atoms with E-state index in [-0.39, 0.29) is 0 Å². The normalized spacial score (nSPS) is 7.44. The molecular formula is C3H6F2N2O2. The zero-order chi connectivity index (χ0) is 7.86. The van der Waals surface area contributed by atoms with Crippen LogP contribution in [0.4, 0.5) is 8.78 Å². The smallest absolute Gasteiger partial charge is 0.371 e. The van der Waals surface area contributed by atoms with Gasteiger partial charge in [0.05, 0.1) is 6.34 Å². The summed E-state index contributed by atoms with van der Waals surface area (Å²) in [4.78, 5) is 8.95.